The first-order valence-electron chi connectivity index (χ1n) is 9.34. The number of aryl methyl sites for hydroxylation is 1. The Morgan fingerprint density at radius 1 is 1.23 bits per heavy atom. The quantitative estimate of drug-likeness (QED) is 0.813. The molecule has 0 aromatic carbocycles. The fourth-order valence-electron chi connectivity index (χ4n) is 3.71. The van der Waals surface area contributed by atoms with Gasteiger partial charge in [0.2, 0.25) is 0 Å². The van der Waals surface area contributed by atoms with E-state index in [4.69, 9.17) is 4.52 Å². The molecule has 2 aliphatic rings. The summed E-state index contributed by atoms with van der Waals surface area (Å²) in [6.07, 6.45) is 4.26. The topological polar surface area (TPSA) is 80.3 Å². The second-order valence-corrected chi connectivity index (χ2v) is 7.70. The average Bonchev–Trinajstić information content (AvgIpc) is 3.23. The number of hydrogen-bond donors (Lipinski definition) is 0. The summed E-state index contributed by atoms with van der Waals surface area (Å²) >= 11 is 0. The lowest BCUT2D eigenvalue weighted by Crippen LogP contribution is -2.38. The summed E-state index contributed by atoms with van der Waals surface area (Å²) < 4.78 is 7.39. The van der Waals surface area contributed by atoms with Crippen molar-refractivity contribution in [2.75, 3.05) is 27.2 Å². The lowest BCUT2D eigenvalue weighted by Gasteiger charge is -2.31. The summed E-state index contributed by atoms with van der Waals surface area (Å²) in [6.45, 7) is 4.05. The molecule has 0 unspecified atom stereocenters. The summed E-state index contributed by atoms with van der Waals surface area (Å²) in [7, 11) is 4.11. The molecule has 0 radical (unpaired) electrons. The van der Waals surface area contributed by atoms with Crippen molar-refractivity contribution in [3.05, 3.63) is 29.2 Å². The fraction of sp³-hybridized carbons (Fsp3) is 0.667. The molecule has 3 heterocycles. The van der Waals surface area contributed by atoms with Crippen molar-refractivity contribution in [2.24, 2.45) is 0 Å². The maximum atomic E-state index is 12.5. The molecule has 140 valence electrons. The molecule has 1 saturated heterocycles. The Bertz CT molecular complexity index is 783. The van der Waals surface area contributed by atoms with Crippen molar-refractivity contribution in [3.8, 4) is 0 Å². The van der Waals surface area contributed by atoms with Gasteiger partial charge in [-0.1, -0.05) is 5.16 Å². The van der Waals surface area contributed by atoms with Gasteiger partial charge in [-0.15, -0.1) is 10.2 Å². The number of piperidine rings is 1. The number of carbonyl (C=O) groups excluding carboxylic acids is 1. The normalized spacial score (nSPS) is 18.7. The lowest BCUT2D eigenvalue weighted by molar-refractivity contribution is 0.0699. The number of carbonyl (C=O) groups is 1. The molecule has 2 aromatic heterocycles. The molecule has 1 aliphatic heterocycles. The molecule has 8 heteroatoms. The third kappa shape index (κ3) is 3.38. The zero-order chi connectivity index (χ0) is 18.3. The van der Waals surface area contributed by atoms with Crippen LogP contribution in [0.25, 0.3) is 0 Å². The van der Waals surface area contributed by atoms with Gasteiger partial charge < -0.3 is 18.9 Å². The van der Waals surface area contributed by atoms with Crippen molar-refractivity contribution >= 4 is 5.91 Å². The lowest BCUT2D eigenvalue weighted by atomic mass is 9.95. The first-order valence-corrected chi connectivity index (χ1v) is 9.34. The van der Waals surface area contributed by atoms with Crippen LogP contribution in [0.15, 0.2) is 10.6 Å². The van der Waals surface area contributed by atoms with Gasteiger partial charge in [-0.2, -0.15) is 0 Å². The Hall–Kier alpha value is -2.22. The largest absolute Gasteiger partial charge is 0.361 e. The minimum absolute atomic E-state index is 0.0442. The zero-order valence-electron chi connectivity index (χ0n) is 15.7. The van der Waals surface area contributed by atoms with E-state index in [1.807, 2.05) is 4.90 Å². The van der Waals surface area contributed by atoms with Crippen LogP contribution in [0.4, 0.5) is 0 Å². The highest BCUT2D eigenvalue weighted by Crippen LogP contribution is 2.40. The SMILES string of the molecule is Cc1cc(C(=O)N2CCC(c3nnc(CN(C)C)n3C3CC3)CC2)no1. The fourth-order valence-corrected chi connectivity index (χ4v) is 3.71. The van der Waals surface area contributed by atoms with E-state index in [-0.39, 0.29) is 5.91 Å². The zero-order valence-corrected chi connectivity index (χ0v) is 15.7. The number of hydrogen-bond acceptors (Lipinski definition) is 6. The summed E-state index contributed by atoms with van der Waals surface area (Å²) in [5.41, 5.74) is 0.398. The second-order valence-electron chi connectivity index (χ2n) is 7.70. The van der Waals surface area contributed by atoms with Gasteiger partial charge in [-0.3, -0.25) is 4.79 Å². The molecule has 4 rings (SSSR count). The first-order chi connectivity index (χ1) is 12.5. The van der Waals surface area contributed by atoms with Crippen LogP contribution >= 0.6 is 0 Å². The number of aromatic nitrogens is 4. The third-order valence-corrected chi connectivity index (χ3v) is 5.16. The van der Waals surface area contributed by atoms with Crippen LogP contribution in [0.3, 0.4) is 0 Å². The van der Waals surface area contributed by atoms with Crippen LogP contribution in [0.1, 0.15) is 65.5 Å². The standard InChI is InChI=1S/C18H26N6O2/c1-12-10-15(21-26-12)18(25)23-8-6-13(7-9-23)17-20-19-16(11-22(2)3)24(17)14-4-5-14/h10,13-14H,4-9,11H2,1-3H3. The van der Waals surface area contributed by atoms with E-state index in [1.54, 1.807) is 13.0 Å². The number of amides is 1. The summed E-state index contributed by atoms with van der Waals surface area (Å²) in [4.78, 5) is 16.5. The molecule has 1 saturated carbocycles. The van der Waals surface area contributed by atoms with Gasteiger partial charge in [0.1, 0.15) is 17.4 Å². The van der Waals surface area contributed by atoms with E-state index in [0.717, 1.165) is 44.1 Å². The minimum Gasteiger partial charge on any atom is -0.361 e. The predicted octanol–water partition coefficient (Wildman–Crippen LogP) is 1.99. The van der Waals surface area contributed by atoms with Crippen LogP contribution in [0.2, 0.25) is 0 Å². The van der Waals surface area contributed by atoms with Crippen LogP contribution in [-0.4, -0.2) is 62.8 Å². The number of rotatable bonds is 5. The molecule has 0 bridgehead atoms. The van der Waals surface area contributed by atoms with E-state index in [0.29, 0.717) is 23.4 Å². The van der Waals surface area contributed by atoms with Crippen LogP contribution < -0.4 is 0 Å². The van der Waals surface area contributed by atoms with Crippen LogP contribution in [0.5, 0.6) is 0 Å². The molecule has 0 atom stereocenters. The first kappa shape index (κ1) is 17.2. The van der Waals surface area contributed by atoms with Gasteiger partial charge in [0.05, 0.1) is 6.54 Å². The van der Waals surface area contributed by atoms with Crippen molar-refractivity contribution in [3.63, 3.8) is 0 Å². The van der Waals surface area contributed by atoms with Crippen LogP contribution in [0, 0.1) is 6.92 Å². The molecule has 0 spiro atoms. The minimum atomic E-state index is -0.0442. The molecule has 26 heavy (non-hydrogen) atoms. The Morgan fingerprint density at radius 2 is 1.96 bits per heavy atom. The van der Waals surface area contributed by atoms with Gasteiger partial charge in [0.15, 0.2) is 5.69 Å². The van der Waals surface area contributed by atoms with E-state index in [9.17, 15) is 4.79 Å². The third-order valence-electron chi connectivity index (χ3n) is 5.16. The predicted molar refractivity (Wildman–Crippen MR) is 94.8 cm³/mol. The highest BCUT2D eigenvalue weighted by atomic mass is 16.5. The molecular formula is C18H26N6O2. The van der Waals surface area contributed by atoms with Crippen molar-refractivity contribution in [1.82, 2.24) is 29.7 Å². The molecule has 2 fully saturated rings. The van der Waals surface area contributed by atoms with E-state index >= 15 is 0 Å². The summed E-state index contributed by atoms with van der Waals surface area (Å²) in [5, 5.41) is 12.9. The van der Waals surface area contributed by atoms with Crippen LogP contribution in [-0.2, 0) is 6.54 Å². The number of likely N-dealkylation sites (tertiary alicyclic amines) is 1. The number of nitrogens with zero attached hydrogens (tertiary/aromatic N) is 6. The van der Waals surface area contributed by atoms with Gasteiger partial charge in [0.25, 0.3) is 5.91 Å². The molecule has 1 amide bonds. The maximum absolute atomic E-state index is 12.5. The Kier molecular flexibility index (Phi) is 4.52. The smallest absolute Gasteiger partial charge is 0.276 e. The van der Waals surface area contributed by atoms with Gasteiger partial charge in [-0.05, 0) is 46.7 Å². The van der Waals surface area contributed by atoms with E-state index < -0.39 is 0 Å². The molecule has 2 aromatic rings. The summed E-state index contributed by atoms with van der Waals surface area (Å²) in [6, 6.07) is 2.26. The maximum Gasteiger partial charge on any atom is 0.276 e. The average molecular weight is 358 g/mol. The molecule has 0 N–H and O–H groups in total. The van der Waals surface area contributed by atoms with Gasteiger partial charge in [0, 0.05) is 31.1 Å². The van der Waals surface area contributed by atoms with Crippen molar-refractivity contribution < 1.29 is 9.32 Å². The highest BCUT2D eigenvalue weighted by molar-refractivity contribution is 5.92. The Balaban J connectivity index is 1.45. The van der Waals surface area contributed by atoms with E-state index in [2.05, 4.69) is 38.9 Å². The van der Waals surface area contributed by atoms with Gasteiger partial charge in [-0.25, -0.2) is 0 Å². The highest BCUT2D eigenvalue weighted by Gasteiger charge is 2.34. The Morgan fingerprint density at radius 3 is 2.54 bits per heavy atom. The monoisotopic (exact) mass is 358 g/mol. The second kappa shape index (κ2) is 6.83. The van der Waals surface area contributed by atoms with Gasteiger partial charge >= 0.3 is 0 Å². The summed E-state index contributed by atoms with van der Waals surface area (Å²) in [5.74, 6) is 3.14. The van der Waals surface area contributed by atoms with Crippen molar-refractivity contribution in [1.29, 1.82) is 0 Å². The van der Waals surface area contributed by atoms with Crippen molar-refractivity contribution in [2.45, 2.75) is 51.1 Å². The molecule has 1 aliphatic carbocycles. The Labute approximate surface area is 153 Å². The molecule has 8 nitrogen and oxygen atoms in total. The van der Waals surface area contributed by atoms with E-state index in [1.165, 1.54) is 12.8 Å². The molecular weight excluding hydrogens is 332 g/mol.